The zero-order valence-corrected chi connectivity index (χ0v) is 17.8. The summed E-state index contributed by atoms with van der Waals surface area (Å²) in [6.07, 6.45) is 2.66. The van der Waals surface area contributed by atoms with Crippen molar-refractivity contribution in [2.24, 2.45) is 0 Å². The molecular weight excluding hydrogens is 400 g/mol. The van der Waals surface area contributed by atoms with E-state index in [9.17, 15) is 13.2 Å². The summed E-state index contributed by atoms with van der Waals surface area (Å²) in [5.41, 5.74) is 2.71. The molecule has 0 saturated carbocycles. The van der Waals surface area contributed by atoms with Crippen molar-refractivity contribution in [3.8, 4) is 5.75 Å². The molecule has 0 saturated heterocycles. The molecule has 152 valence electrons. The first-order valence-electron chi connectivity index (χ1n) is 8.84. The highest BCUT2D eigenvalue weighted by Gasteiger charge is 2.21. The van der Waals surface area contributed by atoms with Gasteiger partial charge in [-0.05, 0) is 43.5 Å². The lowest BCUT2D eigenvalue weighted by Gasteiger charge is -2.22. The molecule has 6 nitrogen and oxygen atoms in total. The number of carbonyl (C=O) groups excluding carboxylic acids is 1. The molecule has 2 aromatic carbocycles. The lowest BCUT2D eigenvalue weighted by Crippen LogP contribution is -2.40. The average molecular weight is 425 g/mol. The maximum absolute atomic E-state index is 12.3. The van der Waals surface area contributed by atoms with Crippen molar-refractivity contribution in [3.05, 3.63) is 58.6 Å². The van der Waals surface area contributed by atoms with E-state index >= 15 is 0 Å². The molecule has 0 fully saturated rings. The van der Waals surface area contributed by atoms with Gasteiger partial charge in [-0.25, -0.2) is 8.42 Å². The second kappa shape index (κ2) is 9.80. The molecule has 1 N–H and O–H groups in total. The molecule has 1 amide bonds. The highest BCUT2D eigenvalue weighted by Crippen LogP contribution is 2.30. The Labute approximate surface area is 171 Å². The second-order valence-electron chi connectivity index (χ2n) is 6.53. The van der Waals surface area contributed by atoms with Gasteiger partial charge in [0.15, 0.2) is 0 Å². The van der Waals surface area contributed by atoms with Gasteiger partial charge in [0, 0.05) is 6.54 Å². The Bertz CT molecular complexity index is 932. The van der Waals surface area contributed by atoms with E-state index in [2.05, 4.69) is 11.4 Å². The first kappa shape index (κ1) is 22.0. The van der Waals surface area contributed by atoms with Gasteiger partial charge in [-0.15, -0.1) is 0 Å². The van der Waals surface area contributed by atoms with Crippen LogP contribution in [0.5, 0.6) is 5.75 Å². The lowest BCUT2D eigenvalue weighted by atomic mass is 10.1. The van der Waals surface area contributed by atoms with Crippen LogP contribution in [0, 0.1) is 6.92 Å². The number of hydrogen-bond acceptors (Lipinski definition) is 4. The van der Waals surface area contributed by atoms with Crippen molar-refractivity contribution in [2.45, 2.75) is 19.8 Å². The van der Waals surface area contributed by atoms with Crippen molar-refractivity contribution in [3.63, 3.8) is 0 Å². The van der Waals surface area contributed by atoms with E-state index in [0.717, 1.165) is 23.4 Å². The quantitative estimate of drug-likeness (QED) is 0.627. The number of ether oxygens (including phenoxy) is 1. The first-order chi connectivity index (χ1) is 13.2. The van der Waals surface area contributed by atoms with Crippen LogP contribution in [0.4, 0.5) is 5.69 Å². The second-order valence-corrected chi connectivity index (χ2v) is 8.85. The van der Waals surface area contributed by atoms with Crippen LogP contribution in [0.1, 0.15) is 17.5 Å². The minimum absolute atomic E-state index is 0.271. The zero-order valence-electron chi connectivity index (χ0n) is 16.2. The van der Waals surface area contributed by atoms with Gasteiger partial charge in [-0.2, -0.15) is 0 Å². The molecule has 28 heavy (non-hydrogen) atoms. The summed E-state index contributed by atoms with van der Waals surface area (Å²) >= 11 is 6.08. The molecule has 0 radical (unpaired) electrons. The monoisotopic (exact) mass is 424 g/mol. The van der Waals surface area contributed by atoms with E-state index in [1.165, 1.54) is 24.3 Å². The van der Waals surface area contributed by atoms with Crippen molar-refractivity contribution < 1.29 is 17.9 Å². The third-order valence-corrected chi connectivity index (χ3v) is 5.59. The molecule has 0 aliphatic rings. The number of hydrogen-bond donors (Lipinski definition) is 1. The molecule has 0 aliphatic heterocycles. The number of amides is 1. The molecule has 2 rings (SSSR count). The van der Waals surface area contributed by atoms with Gasteiger partial charge < -0.3 is 10.1 Å². The fourth-order valence-electron chi connectivity index (χ4n) is 2.78. The highest BCUT2D eigenvalue weighted by atomic mass is 35.5. The molecule has 0 spiro atoms. The number of carbonyl (C=O) groups is 1. The zero-order chi connectivity index (χ0) is 20.7. The van der Waals surface area contributed by atoms with Crippen LogP contribution < -0.4 is 14.4 Å². The lowest BCUT2D eigenvalue weighted by molar-refractivity contribution is -0.119. The van der Waals surface area contributed by atoms with Gasteiger partial charge in [-0.1, -0.05) is 41.4 Å². The molecule has 0 aromatic heterocycles. The number of aryl methyl sites for hydroxylation is 2. The van der Waals surface area contributed by atoms with Crippen LogP contribution >= 0.6 is 11.6 Å². The van der Waals surface area contributed by atoms with Crippen molar-refractivity contribution >= 4 is 33.2 Å². The Balaban J connectivity index is 1.95. The van der Waals surface area contributed by atoms with Gasteiger partial charge in [0.1, 0.15) is 12.3 Å². The van der Waals surface area contributed by atoms with E-state index in [4.69, 9.17) is 16.3 Å². The van der Waals surface area contributed by atoms with E-state index in [0.29, 0.717) is 18.0 Å². The van der Waals surface area contributed by atoms with Crippen LogP contribution in [0.2, 0.25) is 5.02 Å². The summed E-state index contributed by atoms with van der Waals surface area (Å²) in [5, 5.41) is 3.04. The molecule has 8 heteroatoms. The Morgan fingerprint density at radius 1 is 1.21 bits per heavy atom. The topological polar surface area (TPSA) is 75.7 Å². The van der Waals surface area contributed by atoms with E-state index < -0.39 is 10.0 Å². The Hall–Kier alpha value is -2.25. The smallest absolute Gasteiger partial charge is 0.240 e. The maximum Gasteiger partial charge on any atom is 0.240 e. The highest BCUT2D eigenvalue weighted by molar-refractivity contribution is 7.92. The van der Waals surface area contributed by atoms with Crippen molar-refractivity contribution in [1.82, 2.24) is 5.32 Å². The Morgan fingerprint density at radius 2 is 1.96 bits per heavy atom. The number of nitrogens with zero attached hydrogens (tertiary/aromatic N) is 1. The standard InChI is InChI=1S/C20H25ClN2O4S/c1-15-6-4-7-16(12-15)8-5-11-22-20(24)14-23(28(3,25)26)17-9-10-19(27-2)18(21)13-17/h4,6-7,9-10,12-13H,5,8,11,14H2,1-3H3,(H,22,24). The Morgan fingerprint density at radius 3 is 2.57 bits per heavy atom. The molecule has 0 atom stereocenters. The fourth-order valence-corrected chi connectivity index (χ4v) is 3.88. The largest absolute Gasteiger partial charge is 0.495 e. The van der Waals surface area contributed by atoms with Gasteiger partial charge in [0.2, 0.25) is 15.9 Å². The third kappa shape index (κ3) is 6.42. The number of sulfonamides is 1. The summed E-state index contributed by atoms with van der Waals surface area (Å²) in [4.78, 5) is 12.3. The number of nitrogens with one attached hydrogen (secondary N) is 1. The van der Waals surface area contributed by atoms with E-state index in [-0.39, 0.29) is 17.5 Å². The average Bonchev–Trinajstić information content (AvgIpc) is 2.62. The first-order valence-corrected chi connectivity index (χ1v) is 11.1. The normalized spacial score (nSPS) is 11.1. The molecule has 0 bridgehead atoms. The van der Waals surface area contributed by atoms with Crippen LogP contribution in [0.3, 0.4) is 0 Å². The van der Waals surface area contributed by atoms with Crippen LogP contribution in [0.15, 0.2) is 42.5 Å². The minimum atomic E-state index is -3.65. The Kier molecular flexibility index (Phi) is 7.71. The summed E-state index contributed by atoms with van der Waals surface area (Å²) in [6, 6.07) is 12.8. The SMILES string of the molecule is COc1ccc(N(CC(=O)NCCCc2cccc(C)c2)S(C)(=O)=O)cc1Cl. The molecule has 0 aliphatic carbocycles. The van der Waals surface area contributed by atoms with Crippen molar-refractivity contribution in [1.29, 1.82) is 0 Å². The summed E-state index contributed by atoms with van der Waals surface area (Å²) in [7, 11) is -2.18. The third-order valence-electron chi connectivity index (χ3n) is 4.16. The van der Waals surface area contributed by atoms with Crippen molar-refractivity contribution in [2.75, 3.05) is 30.8 Å². The van der Waals surface area contributed by atoms with E-state index in [1.54, 1.807) is 12.1 Å². The minimum Gasteiger partial charge on any atom is -0.495 e. The van der Waals surface area contributed by atoms with Gasteiger partial charge in [-0.3, -0.25) is 9.10 Å². The number of benzene rings is 2. The number of methoxy groups -OCH3 is 1. The summed E-state index contributed by atoms with van der Waals surface area (Å²) in [5.74, 6) is 0.0566. The van der Waals surface area contributed by atoms with Crippen LogP contribution in [-0.4, -0.2) is 40.8 Å². The molecule has 2 aromatic rings. The molecule has 0 heterocycles. The van der Waals surface area contributed by atoms with Crippen LogP contribution in [0.25, 0.3) is 0 Å². The van der Waals surface area contributed by atoms with Gasteiger partial charge in [0.25, 0.3) is 0 Å². The molecule has 0 unspecified atom stereocenters. The summed E-state index contributed by atoms with van der Waals surface area (Å²) < 4.78 is 30.4. The summed E-state index contributed by atoms with van der Waals surface area (Å²) in [6.45, 7) is 2.19. The predicted molar refractivity (Wildman–Crippen MR) is 113 cm³/mol. The molecular formula is C20H25ClN2O4S. The number of halogens is 1. The van der Waals surface area contributed by atoms with E-state index in [1.807, 2.05) is 25.1 Å². The fraction of sp³-hybridized carbons (Fsp3) is 0.350. The van der Waals surface area contributed by atoms with Crippen LogP contribution in [-0.2, 0) is 21.2 Å². The number of anilines is 1. The predicted octanol–water partition coefficient (Wildman–Crippen LogP) is 3.17. The van der Waals surface area contributed by atoms with Gasteiger partial charge >= 0.3 is 0 Å². The maximum atomic E-state index is 12.3. The van der Waals surface area contributed by atoms with Gasteiger partial charge in [0.05, 0.1) is 24.1 Å². The number of rotatable bonds is 9.